The molecule has 0 fully saturated rings. The van der Waals surface area contributed by atoms with Crippen molar-refractivity contribution in [3.8, 4) is 0 Å². The lowest BCUT2D eigenvalue weighted by Crippen LogP contribution is -2.22. The van der Waals surface area contributed by atoms with Crippen molar-refractivity contribution in [2.75, 3.05) is 12.4 Å². The highest BCUT2D eigenvalue weighted by Crippen LogP contribution is 2.39. The van der Waals surface area contributed by atoms with E-state index < -0.39 is 0 Å². The van der Waals surface area contributed by atoms with Gasteiger partial charge in [0, 0.05) is 22.5 Å². The summed E-state index contributed by atoms with van der Waals surface area (Å²) in [7, 11) is 1.61. The van der Waals surface area contributed by atoms with E-state index in [-0.39, 0.29) is 11.8 Å². The van der Waals surface area contributed by atoms with Crippen LogP contribution in [0.15, 0.2) is 24.3 Å². The SMILES string of the molecule is CNC(=O)c1c(NC(=O)c2cccc(Cl)c2)sc2c1CC[C@H](C)C2. The van der Waals surface area contributed by atoms with Crippen LogP contribution in [0, 0.1) is 5.92 Å². The first-order valence-corrected chi connectivity index (χ1v) is 9.12. The molecule has 1 aromatic carbocycles. The van der Waals surface area contributed by atoms with Gasteiger partial charge >= 0.3 is 0 Å². The van der Waals surface area contributed by atoms with Crippen LogP contribution in [0.4, 0.5) is 5.00 Å². The summed E-state index contributed by atoms with van der Waals surface area (Å²) in [5.41, 5.74) is 2.17. The molecule has 1 aliphatic rings. The van der Waals surface area contributed by atoms with Crippen LogP contribution in [0.5, 0.6) is 0 Å². The number of halogens is 1. The molecule has 0 radical (unpaired) electrons. The van der Waals surface area contributed by atoms with E-state index in [0.29, 0.717) is 27.1 Å². The summed E-state index contributed by atoms with van der Waals surface area (Å²) in [6.45, 7) is 2.21. The number of amides is 2. The van der Waals surface area contributed by atoms with E-state index in [1.165, 1.54) is 16.2 Å². The Morgan fingerprint density at radius 3 is 2.79 bits per heavy atom. The molecule has 3 rings (SSSR count). The molecule has 4 nitrogen and oxygen atoms in total. The van der Waals surface area contributed by atoms with Gasteiger partial charge < -0.3 is 10.6 Å². The van der Waals surface area contributed by atoms with Gasteiger partial charge in [0.15, 0.2) is 0 Å². The summed E-state index contributed by atoms with van der Waals surface area (Å²) in [4.78, 5) is 26.1. The van der Waals surface area contributed by atoms with Crippen molar-refractivity contribution in [1.29, 1.82) is 0 Å². The number of hydrogen-bond acceptors (Lipinski definition) is 3. The predicted octanol–water partition coefficient (Wildman–Crippen LogP) is 4.14. The summed E-state index contributed by atoms with van der Waals surface area (Å²) in [6, 6.07) is 6.78. The first-order valence-electron chi connectivity index (χ1n) is 7.93. The van der Waals surface area contributed by atoms with E-state index in [1.54, 1.807) is 31.3 Å². The van der Waals surface area contributed by atoms with Crippen LogP contribution < -0.4 is 10.6 Å². The smallest absolute Gasteiger partial charge is 0.256 e. The highest BCUT2D eigenvalue weighted by atomic mass is 35.5. The predicted molar refractivity (Wildman–Crippen MR) is 98.3 cm³/mol. The minimum atomic E-state index is -0.255. The molecule has 126 valence electrons. The molecule has 0 bridgehead atoms. The Morgan fingerprint density at radius 2 is 2.08 bits per heavy atom. The molecule has 0 spiro atoms. The lowest BCUT2D eigenvalue weighted by molar-refractivity contribution is 0.0963. The van der Waals surface area contributed by atoms with E-state index >= 15 is 0 Å². The fourth-order valence-electron chi connectivity index (χ4n) is 3.01. The van der Waals surface area contributed by atoms with Gasteiger partial charge in [-0.2, -0.15) is 0 Å². The lowest BCUT2D eigenvalue weighted by Gasteiger charge is -2.18. The second kappa shape index (κ2) is 6.95. The molecule has 24 heavy (non-hydrogen) atoms. The second-order valence-corrected chi connectivity index (χ2v) is 7.64. The fourth-order valence-corrected chi connectivity index (χ4v) is 4.60. The maximum atomic E-state index is 12.5. The molecular formula is C18H19ClN2O2S. The van der Waals surface area contributed by atoms with Crippen molar-refractivity contribution >= 4 is 39.8 Å². The summed E-state index contributed by atoms with van der Waals surface area (Å²) in [5, 5.41) is 6.72. The number of benzene rings is 1. The van der Waals surface area contributed by atoms with Gasteiger partial charge in [0.1, 0.15) is 5.00 Å². The molecule has 6 heteroatoms. The maximum Gasteiger partial charge on any atom is 0.256 e. The lowest BCUT2D eigenvalue weighted by atomic mass is 9.88. The van der Waals surface area contributed by atoms with E-state index in [4.69, 9.17) is 11.6 Å². The minimum absolute atomic E-state index is 0.150. The number of carbonyl (C=O) groups excluding carboxylic acids is 2. The fraction of sp³-hybridized carbons (Fsp3) is 0.333. The molecule has 2 amide bonds. The number of hydrogen-bond donors (Lipinski definition) is 2. The van der Waals surface area contributed by atoms with Crippen LogP contribution in [-0.4, -0.2) is 18.9 Å². The van der Waals surface area contributed by atoms with E-state index in [9.17, 15) is 9.59 Å². The summed E-state index contributed by atoms with van der Waals surface area (Å²) in [6.07, 6.45) is 2.90. The Bertz CT molecular complexity index is 800. The second-order valence-electron chi connectivity index (χ2n) is 6.10. The van der Waals surface area contributed by atoms with Gasteiger partial charge in [0.05, 0.1) is 5.56 Å². The standard InChI is InChI=1S/C18H19ClN2O2S/c1-10-6-7-13-14(8-10)24-18(15(13)17(23)20-2)21-16(22)11-4-3-5-12(19)9-11/h3-5,9-10H,6-8H2,1-2H3,(H,20,23)(H,21,22)/t10-/m0/s1. The van der Waals surface area contributed by atoms with Crippen molar-refractivity contribution in [1.82, 2.24) is 5.32 Å². The topological polar surface area (TPSA) is 58.2 Å². The van der Waals surface area contributed by atoms with Crippen molar-refractivity contribution < 1.29 is 9.59 Å². The van der Waals surface area contributed by atoms with Crippen LogP contribution in [0.1, 0.15) is 44.5 Å². The number of thiophene rings is 1. The zero-order chi connectivity index (χ0) is 17.3. The van der Waals surface area contributed by atoms with Crippen LogP contribution in [0.3, 0.4) is 0 Å². The third-order valence-electron chi connectivity index (χ3n) is 4.28. The third kappa shape index (κ3) is 3.32. The van der Waals surface area contributed by atoms with Crippen LogP contribution >= 0.6 is 22.9 Å². The van der Waals surface area contributed by atoms with Crippen LogP contribution in [-0.2, 0) is 12.8 Å². The molecule has 1 aliphatic carbocycles. The van der Waals surface area contributed by atoms with E-state index in [1.807, 2.05) is 0 Å². The molecular weight excluding hydrogens is 344 g/mol. The Morgan fingerprint density at radius 1 is 1.29 bits per heavy atom. The van der Waals surface area contributed by atoms with Crippen molar-refractivity contribution in [3.05, 3.63) is 50.9 Å². The number of anilines is 1. The Labute approximate surface area is 150 Å². The number of fused-ring (bicyclic) bond motifs is 1. The first kappa shape index (κ1) is 17.0. The van der Waals surface area contributed by atoms with E-state index in [2.05, 4.69) is 17.6 Å². The van der Waals surface area contributed by atoms with Gasteiger partial charge in [-0.15, -0.1) is 11.3 Å². The van der Waals surface area contributed by atoms with Gasteiger partial charge in [0.25, 0.3) is 11.8 Å². The van der Waals surface area contributed by atoms with Gasteiger partial charge in [-0.1, -0.05) is 24.6 Å². The molecule has 0 saturated carbocycles. The normalized spacial score (nSPS) is 16.4. The number of nitrogens with one attached hydrogen (secondary N) is 2. The van der Waals surface area contributed by atoms with Crippen LogP contribution in [0.25, 0.3) is 0 Å². The monoisotopic (exact) mass is 362 g/mol. The third-order valence-corrected chi connectivity index (χ3v) is 5.68. The number of carbonyl (C=O) groups is 2. The molecule has 2 aromatic rings. The average Bonchev–Trinajstić information content (AvgIpc) is 2.90. The molecule has 1 aromatic heterocycles. The summed E-state index contributed by atoms with van der Waals surface area (Å²) in [5.74, 6) is 0.197. The van der Waals surface area contributed by atoms with Gasteiger partial charge in [0.2, 0.25) is 0 Å². The Kier molecular flexibility index (Phi) is 4.92. The Balaban J connectivity index is 1.95. The van der Waals surface area contributed by atoms with Gasteiger partial charge in [-0.05, 0) is 48.9 Å². The zero-order valence-electron chi connectivity index (χ0n) is 13.6. The van der Waals surface area contributed by atoms with Crippen molar-refractivity contribution in [2.24, 2.45) is 5.92 Å². The van der Waals surface area contributed by atoms with Crippen LogP contribution in [0.2, 0.25) is 5.02 Å². The quantitative estimate of drug-likeness (QED) is 0.862. The Hall–Kier alpha value is -1.85. The highest BCUT2D eigenvalue weighted by Gasteiger charge is 2.28. The maximum absolute atomic E-state index is 12.5. The molecule has 0 saturated heterocycles. The van der Waals surface area contributed by atoms with Gasteiger partial charge in [-0.3, -0.25) is 9.59 Å². The van der Waals surface area contributed by atoms with Crippen molar-refractivity contribution in [2.45, 2.75) is 26.2 Å². The first-order chi connectivity index (χ1) is 11.5. The molecule has 1 atom stereocenters. The van der Waals surface area contributed by atoms with Gasteiger partial charge in [-0.25, -0.2) is 0 Å². The summed E-state index contributed by atoms with van der Waals surface area (Å²) >= 11 is 7.46. The largest absolute Gasteiger partial charge is 0.355 e. The van der Waals surface area contributed by atoms with E-state index in [0.717, 1.165) is 24.8 Å². The highest BCUT2D eigenvalue weighted by molar-refractivity contribution is 7.17. The molecule has 1 heterocycles. The summed E-state index contributed by atoms with van der Waals surface area (Å²) < 4.78 is 0. The molecule has 2 N–H and O–H groups in total. The number of rotatable bonds is 3. The zero-order valence-corrected chi connectivity index (χ0v) is 15.2. The molecule has 0 aliphatic heterocycles. The molecule has 0 unspecified atom stereocenters. The van der Waals surface area contributed by atoms with Crippen molar-refractivity contribution in [3.63, 3.8) is 0 Å². The minimum Gasteiger partial charge on any atom is -0.355 e. The average molecular weight is 363 g/mol.